The number of halogens is 1. The molecule has 0 bridgehead atoms. The van der Waals surface area contributed by atoms with Gasteiger partial charge in [-0.25, -0.2) is 0 Å². The molecule has 1 aromatic carbocycles. The van der Waals surface area contributed by atoms with Crippen LogP contribution in [0, 0.1) is 5.92 Å². The molecule has 0 heterocycles. The molecule has 0 saturated carbocycles. The van der Waals surface area contributed by atoms with Gasteiger partial charge in [-0.3, -0.25) is 0 Å². The Bertz CT molecular complexity index is 362. The van der Waals surface area contributed by atoms with Crippen LogP contribution in [0.2, 0.25) is 0 Å². The molecule has 5 heteroatoms. The Kier molecular flexibility index (Phi) is 8.05. The number of aliphatic hydroxyl groups is 2. The lowest BCUT2D eigenvalue weighted by Gasteiger charge is -2.15. The van der Waals surface area contributed by atoms with Crippen molar-refractivity contribution in [1.29, 1.82) is 0 Å². The summed E-state index contributed by atoms with van der Waals surface area (Å²) in [5.41, 5.74) is 0. The second kappa shape index (κ2) is 9.31. The van der Waals surface area contributed by atoms with Crippen molar-refractivity contribution in [3.05, 3.63) is 28.7 Å². The van der Waals surface area contributed by atoms with Crippen LogP contribution in [-0.4, -0.2) is 42.6 Å². The molecule has 3 N–H and O–H groups in total. The fourth-order valence-electron chi connectivity index (χ4n) is 1.63. The monoisotopic (exact) mass is 331 g/mol. The van der Waals surface area contributed by atoms with Crippen LogP contribution in [0.5, 0.6) is 5.75 Å². The zero-order valence-corrected chi connectivity index (χ0v) is 12.8. The zero-order valence-electron chi connectivity index (χ0n) is 11.2. The molecule has 4 nitrogen and oxygen atoms in total. The first-order valence-corrected chi connectivity index (χ1v) is 7.29. The summed E-state index contributed by atoms with van der Waals surface area (Å²) < 4.78 is 6.45. The molecule has 0 radical (unpaired) electrons. The van der Waals surface area contributed by atoms with E-state index in [9.17, 15) is 5.11 Å². The summed E-state index contributed by atoms with van der Waals surface area (Å²) in [6.07, 6.45) is 0.234. The number of benzene rings is 1. The molecule has 0 aliphatic carbocycles. The topological polar surface area (TPSA) is 61.7 Å². The van der Waals surface area contributed by atoms with E-state index in [0.29, 0.717) is 12.5 Å². The van der Waals surface area contributed by atoms with Gasteiger partial charge in [0.2, 0.25) is 0 Å². The standard InChI is InChI=1S/C14H22BrNO3/c1-11(5-6-17)8-16-9-13(18)10-19-14-4-2-3-12(15)7-14/h2-4,7,11,13,16-18H,5-6,8-10H2,1H3. The Morgan fingerprint density at radius 3 is 2.84 bits per heavy atom. The highest BCUT2D eigenvalue weighted by atomic mass is 79.9. The van der Waals surface area contributed by atoms with Crippen LogP contribution in [-0.2, 0) is 0 Å². The fourth-order valence-corrected chi connectivity index (χ4v) is 2.01. The van der Waals surface area contributed by atoms with E-state index >= 15 is 0 Å². The van der Waals surface area contributed by atoms with Crippen LogP contribution in [0.15, 0.2) is 28.7 Å². The molecule has 2 atom stereocenters. The Morgan fingerprint density at radius 1 is 1.37 bits per heavy atom. The predicted octanol–water partition coefficient (Wildman–Crippen LogP) is 1.80. The van der Waals surface area contributed by atoms with E-state index in [1.54, 1.807) is 0 Å². The highest BCUT2D eigenvalue weighted by molar-refractivity contribution is 9.10. The van der Waals surface area contributed by atoms with E-state index in [4.69, 9.17) is 9.84 Å². The summed E-state index contributed by atoms with van der Waals surface area (Å²) in [7, 11) is 0. The van der Waals surface area contributed by atoms with E-state index in [-0.39, 0.29) is 13.2 Å². The third-order valence-electron chi connectivity index (χ3n) is 2.73. The van der Waals surface area contributed by atoms with Gasteiger partial charge < -0.3 is 20.3 Å². The van der Waals surface area contributed by atoms with Crippen LogP contribution in [0.4, 0.5) is 0 Å². The minimum atomic E-state index is -0.541. The predicted molar refractivity (Wildman–Crippen MR) is 79.4 cm³/mol. The zero-order chi connectivity index (χ0) is 14.1. The maximum Gasteiger partial charge on any atom is 0.120 e. The van der Waals surface area contributed by atoms with Crippen molar-refractivity contribution in [2.45, 2.75) is 19.4 Å². The maximum absolute atomic E-state index is 9.77. The van der Waals surface area contributed by atoms with Crippen LogP contribution in [0.1, 0.15) is 13.3 Å². The summed E-state index contributed by atoms with van der Waals surface area (Å²) in [4.78, 5) is 0. The minimum absolute atomic E-state index is 0.206. The van der Waals surface area contributed by atoms with Crippen molar-refractivity contribution >= 4 is 15.9 Å². The number of aliphatic hydroxyl groups excluding tert-OH is 2. The Morgan fingerprint density at radius 2 is 2.16 bits per heavy atom. The van der Waals surface area contributed by atoms with Crippen LogP contribution >= 0.6 is 15.9 Å². The Balaban J connectivity index is 2.16. The average molecular weight is 332 g/mol. The quantitative estimate of drug-likeness (QED) is 0.645. The highest BCUT2D eigenvalue weighted by Gasteiger charge is 2.07. The molecule has 0 aliphatic rings. The van der Waals surface area contributed by atoms with E-state index < -0.39 is 6.10 Å². The van der Waals surface area contributed by atoms with Gasteiger partial charge in [0.15, 0.2) is 0 Å². The van der Waals surface area contributed by atoms with Crippen molar-refractivity contribution in [2.24, 2.45) is 5.92 Å². The SMILES string of the molecule is CC(CCO)CNCC(O)COc1cccc(Br)c1. The third-order valence-corrected chi connectivity index (χ3v) is 3.23. The minimum Gasteiger partial charge on any atom is -0.491 e. The third kappa shape index (κ3) is 7.52. The van der Waals surface area contributed by atoms with Gasteiger partial charge in [0.05, 0.1) is 0 Å². The van der Waals surface area contributed by atoms with E-state index in [1.165, 1.54) is 0 Å². The van der Waals surface area contributed by atoms with Gasteiger partial charge in [0.1, 0.15) is 18.5 Å². The number of nitrogens with one attached hydrogen (secondary N) is 1. The summed E-state index contributed by atoms with van der Waals surface area (Å²) >= 11 is 3.37. The van der Waals surface area contributed by atoms with Gasteiger partial charge in [-0.15, -0.1) is 0 Å². The molecular weight excluding hydrogens is 310 g/mol. The average Bonchev–Trinajstić information content (AvgIpc) is 2.37. The molecule has 0 fully saturated rings. The summed E-state index contributed by atoms with van der Waals surface area (Å²) in [6, 6.07) is 7.53. The van der Waals surface area contributed by atoms with Crippen molar-refractivity contribution in [1.82, 2.24) is 5.32 Å². The van der Waals surface area contributed by atoms with Crippen molar-refractivity contribution in [2.75, 3.05) is 26.3 Å². The summed E-state index contributed by atoms with van der Waals surface area (Å²) in [5.74, 6) is 1.14. The van der Waals surface area contributed by atoms with E-state index in [1.807, 2.05) is 24.3 Å². The molecule has 0 aromatic heterocycles. The Labute approximate surface area is 122 Å². The van der Waals surface area contributed by atoms with Crippen molar-refractivity contribution in [3.8, 4) is 5.75 Å². The molecule has 0 saturated heterocycles. The molecule has 1 rings (SSSR count). The highest BCUT2D eigenvalue weighted by Crippen LogP contribution is 2.17. The number of hydrogen-bond acceptors (Lipinski definition) is 4. The van der Waals surface area contributed by atoms with Crippen LogP contribution < -0.4 is 10.1 Å². The molecule has 0 aliphatic heterocycles. The number of hydrogen-bond donors (Lipinski definition) is 3. The second-order valence-electron chi connectivity index (χ2n) is 4.70. The maximum atomic E-state index is 9.77. The number of ether oxygens (including phenoxy) is 1. The van der Waals surface area contributed by atoms with E-state index in [0.717, 1.165) is 23.2 Å². The summed E-state index contributed by atoms with van der Waals surface area (Å²) in [6.45, 7) is 3.81. The lowest BCUT2D eigenvalue weighted by molar-refractivity contribution is 0.105. The largest absolute Gasteiger partial charge is 0.491 e. The Hall–Kier alpha value is -0.620. The van der Waals surface area contributed by atoms with Gasteiger partial charge in [-0.05, 0) is 37.1 Å². The normalized spacial score (nSPS) is 14.1. The second-order valence-corrected chi connectivity index (χ2v) is 5.61. The molecular formula is C14H22BrNO3. The molecule has 19 heavy (non-hydrogen) atoms. The molecule has 1 aromatic rings. The van der Waals surface area contributed by atoms with Crippen molar-refractivity contribution in [3.63, 3.8) is 0 Å². The number of rotatable bonds is 9. The first-order chi connectivity index (χ1) is 9.11. The first-order valence-electron chi connectivity index (χ1n) is 6.50. The lowest BCUT2D eigenvalue weighted by atomic mass is 10.1. The van der Waals surface area contributed by atoms with Crippen molar-refractivity contribution < 1.29 is 14.9 Å². The van der Waals surface area contributed by atoms with Gasteiger partial charge in [-0.2, -0.15) is 0 Å². The molecule has 0 spiro atoms. The summed E-state index contributed by atoms with van der Waals surface area (Å²) in [5, 5.41) is 21.7. The smallest absolute Gasteiger partial charge is 0.120 e. The lowest BCUT2D eigenvalue weighted by Crippen LogP contribution is -2.34. The first kappa shape index (κ1) is 16.4. The van der Waals surface area contributed by atoms with Gasteiger partial charge in [-0.1, -0.05) is 28.9 Å². The fraction of sp³-hybridized carbons (Fsp3) is 0.571. The van der Waals surface area contributed by atoms with Crippen LogP contribution in [0.25, 0.3) is 0 Å². The van der Waals surface area contributed by atoms with E-state index in [2.05, 4.69) is 28.2 Å². The molecule has 108 valence electrons. The molecule has 2 unspecified atom stereocenters. The van der Waals surface area contributed by atoms with Gasteiger partial charge >= 0.3 is 0 Å². The van der Waals surface area contributed by atoms with Crippen LogP contribution in [0.3, 0.4) is 0 Å². The molecule has 0 amide bonds. The van der Waals surface area contributed by atoms with Gasteiger partial charge in [0, 0.05) is 17.6 Å². The van der Waals surface area contributed by atoms with Gasteiger partial charge in [0.25, 0.3) is 0 Å².